The summed E-state index contributed by atoms with van der Waals surface area (Å²) in [7, 11) is 1.57. The quantitative estimate of drug-likeness (QED) is 0.467. The molecule has 0 atom stereocenters. The Morgan fingerprint density at radius 3 is 1.96 bits per heavy atom. The van der Waals surface area contributed by atoms with Crippen molar-refractivity contribution in [3.8, 4) is 5.75 Å². The van der Waals surface area contributed by atoms with Crippen LogP contribution in [0.2, 0.25) is 0 Å². The summed E-state index contributed by atoms with van der Waals surface area (Å²) in [5.74, 6) is 0.197. The fourth-order valence-corrected chi connectivity index (χ4v) is 3.50. The third kappa shape index (κ3) is 4.79. The Kier molecular flexibility index (Phi) is 6.49. The number of halogens is 2. The summed E-state index contributed by atoms with van der Waals surface area (Å²) in [4.78, 5) is 24.7. The number of carbonyl (C=O) groups is 2. The Balaban J connectivity index is 1.66. The molecular weight excluding hydrogens is 488 g/mol. The molecule has 0 aliphatic rings. The van der Waals surface area contributed by atoms with Gasteiger partial charge in [-0.2, -0.15) is 0 Å². The number of carbonyl (C=O) groups excluding carboxylic acids is 2. The lowest BCUT2D eigenvalue weighted by Gasteiger charge is -2.10. The lowest BCUT2D eigenvalue weighted by molar-refractivity contribution is 0.101. The molecule has 3 rings (SSSR count). The maximum atomic E-state index is 12.4. The minimum absolute atomic E-state index is 0.215. The second kappa shape index (κ2) is 9.03. The van der Waals surface area contributed by atoms with Crippen molar-refractivity contribution in [1.29, 1.82) is 0 Å². The maximum absolute atomic E-state index is 12.4. The molecule has 3 aromatic rings. The van der Waals surface area contributed by atoms with Gasteiger partial charge in [0.1, 0.15) is 5.75 Å². The van der Waals surface area contributed by atoms with Gasteiger partial charge >= 0.3 is 0 Å². The van der Waals surface area contributed by atoms with Crippen LogP contribution in [0.4, 0.5) is 11.4 Å². The van der Waals surface area contributed by atoms with Crippen LogP contribution >= 0.6 is 31.9 Å². The molecule has 0 fully saturated rings. The summed E-state index contributed by atoms with van der Waals surface area (Å²) in [6.07, 6.45) is 0. The van der Waals surface area contributed by atoms with Crippen molar-refractivity contribution >= 4 is 55.0 Å². The molecule has 2 N–H and O–H groups in total. The fourth-order valence-electron chi connectivity index (χ4n) is 2.49. The number of amides is 2. The van der Waals surface area contributed by atoms with Crippen LogP contribution in [-0.4, -0.2) is 18.9 Å². The first-order valence-electron chi connectivity index (χ1n) is 8.29. The molecule has 7 heteroatoms. The van der Waals surface area contributed by atoms with Crippen LogP contribution in [0.1, 0.15) is 20.7 Å². The Hall–Kier alpha value is -2.64. The van der Waals surface area contributed by atoms with Crippen molar-refractivity contribution in [2.75, 3.05) is 17.7 Å². The van der Waals surface area contributed by atoms with Gasteiger partial charge in [-0.05, 0) is 86.5 Å². The molecule has 0 aliphatic carbocycles. The Labute approximate surface area is 179 Å². The van der Waals surface area contributed by atoms with E-state index in [1.807, 2.05) is 12.1 Å². The van der Waals surface area contributed by atoms with Crippen LogP contribution in [0.3, 0.4) is 0 Å². The third-order valence-corrected chi connectivity index (χ3v) is 5.24. The van der Waals surface area contributed by atoms with Crippen LogP contribution in [0.5, 0.6) is 5.75 Å². The average molecular weight is 504 g/mol. The molecule has 2 amide bonds. The Morgan fingerprint density at radius 2 is 1.39 bits per heavy atom. The molecule has 0 radical (unpaired) electrons. The standard InChI is InChI=1S/C21H16Br2N2O3/c1-28-19-11-6-13(12-18(19)23)20(26)24-14-7-9-15(10-8-14)25-21(27)16-4-2-3-5-17(16)22/h2-12H,1H3,(H,24,26)(H,25,27). The fraction of sp³-hybridized carbons (Fsp3) is 0.0476. The van der Waals surface area contributed by atoms with Crippen LogP contribution in [0.15, 0.2) is 75.7 Å². The van der Waals surface area contributed by atoms with E-state index < -0.39 is 0 Å². The molecule has 3 aromatic carbocycles. The minimum atomic E-state index is -0.242. The Morgan fingerprint density at radius 1 is 0.786 bits per heavy atom. The molecule has 0 spiro atoms. The van der Waals surface area contributed by atoms with Crippen molar-refractivity contribution in [2.45, 2.75) is 0 Å². The van der Waals surface area contributed by atoms with Gasteiger partial charge in [-0.1, -0.05) is 12.1 Å². The van der Waals surface area contributed by atoms with Crippen molar-refractivity contribution in [1.82, 2.24) is 0 Å². The van der Waals surface area contributed by atoms with Gasteiger partial charge in [-0.3, -0.25) is 9.59 Å². The molecule has 142 valence electrons. The van der Waals surface area contributed by atoms with Gasteiger partial charge in [-0.25, -0.2) is 0 Å². The summed E-state index contributed by atoms with van der Waals surface area (Å²) < 4.78 is 6.59. The highest BCUT2D eigenvalue weighted by molar-refractivity contribution is 9.10. The van der Waals surface area contributed by atoms with E-state index in [-0.39, 0.29) is 11.8 Å². The number of hydrogen-bond donors (Lipinski definition) is 2. The zero-order valence-corrected chi connectivity index (χ0v) is 18.0. The first kappa shape index (κ1) is 20.1. The molecule has 28 heavy (non-hydrogen) atoms. The molecule has 0 saturated carbocycles. The van der Waals surface area contributed by atoms with E-state index >= 15 is 0 Å². The smallest absolute Gasteiger partial charge is 0.256 e. The highest BCUT2D eigenvalue weighted by Gasteiger charge is 2.11. The van der Waals surface area contributed by atoms with Crippen molar-refractivity contribution in [2.24, 2.45) is 0 Å². The first-order valence-corrected chi connectivity index (χ1v) is 9.87. The van der Waals surface area contributed by atoms with Crippen LogP contribution < -0.4 is 15.4 Å². The number of rotatable bonds is 5. The summed E-state index contributed by atoms with van der Waals surface area (Å²) in [6.45, 7) is 0. The summed E-state index contributed by atoms with van der Waals surface area (Å²) in [6, 6.07) is 19.2. The highest BCUT2D eigenvalue weighted by Crippen LogP contribution is 2.26. The van der Waals surface area contributed by atoms with Gasteiger partial charge in [0.15, 0.2) is 0 Å². The average Bonchev–Trinajstić information content (AvgIpc) is 2.69. The van der Waals surface area contributed by atoms with E-state index in [0.29, 0.717) is 32.7 Å². The zero-order chi connectivity index (χ0) is 20.1. The lowest BCUT2D eigenvalue weighted by Crippen LogP contribution is -2.13. The molecule has 0 bridgehead atoms. The summed E-state index contributed by atoms with van der Waals surface area (Å²) in [5.41, 5.74) is 2.30. The number of ether oxygens (including phenoxy) is 1. The largest absolute Gasteiger partial charge is 0.496 e. The van der Waals surface area contributed by atoms with Crippen LogP contribution in [-0.2, 0) is 0 Å². The van der Waals surface area contributed by atoms with Gasteiger partial charge in [0.05, 0.1) is 17.1 Å². The molecule has 5 nitrogen and oxygen atoms in total. The first-order chi connectivity index (χ1) is 13.5. The molecule has 0 aromatic heterocycles. The van der Waals surface area contributed by atoms with Crippen LogP contribution in [0.25, 0.3) is 0 Å². The molecule has 0 aliphatic heterocycles. The van der Waals surface area contributed by atoms with Gasteiger partial charge in [0.2, 0.25) is 0 Å². The monoisotopic (exact) mass is 502 g/mol. The zero-order valence-electron chi connectivity index (χ0n) is 14.8. The second-order valence-corrected chi connectivity index (χ2v) is 7.52. The van der Waals surface area contributed by atoms with Crippen molar-refractivity contribution in [3.05, 3.63) is 86.8 Å². The molecule has 0 heterocycles. The summed E-state index contributed by atoms with van der Waals surface area (Å²) >= 11 is 6.73. The molecule has 0 unspecified atom stereocenters. The lowest BCUT2D eigenvalue weighted by atomic mass is 10.2. The van der Waals surface area contributed by atoms with Gasteiger partial charge < -0.3 is 15.4 Å². The summed E-state index contributed by atoms with van der Waals surface area (Å²) in [5, 5.41) is 5.65. The number of anilines is 2. The van der Waals surface area contributed by atoms with Gasteiger partial charge in [-0.15, -0.1) is 0 Å². The highest BCUT2D eigenvalue weighted by atomic mass is 79.9. The van der Waals surface area contributed by atoms with E-state index in [1.54, 1.807) is 61.7 Å². The van der Waals surface area contributed by atoms with E-state index in [2.05, 4.69) is 42.5 Å². The van der Waals surface area contributed by atoms with E-state index in [4.69, 9.17) is 4.74 Å². The minimum Gasteiger partial charge on any atom is -0.496 e. The maximum Gasteiger partial charge on any atom is 0.256 e. The topological polar surface area (TPSA) is 67.4 Å². The molecule has 0 saturated heterocycles. The van der Waals surface area contributed by atoms with E-state index in [0.717, 1.165) is 4.47 Å². The van der Waals surface area contributed by atoms with Crippen LogP contribution in [0, 0.1) is 0 Å². The predicted octanol–water partition coefficient (Wildman–Crippen LogP) is 5.72. The predicted molar refractivity (Wildman–Crippen MR) is 117 cm³/mol. The Bertz CT molecular complexity index is 1020. The number of hydrogen-bond acceptors (Lipinski definition) is 3. The SMILES string of the molecule is COc1ccc(C(=O)Nc2ccc(NC(=O)c3ccccc3Br)cc2)cc1Br. The third-order valence-electron chi connectivity index (χ3n) is 3.93. The van der Waals surface area contributed by atoms with E-state index in [1.165, 1.54) is 0 Å². The number of benzene rings is 3. The van der Waals surface area contributed by atoms with Crippen molar-refractivity contribution in [3.63, 3.8) is 0 Å². The van der Waals surface area contributed by atoms with E-state index in [9.17, 15) is 9.59 Å². The van der Waals surface area contributed by atoms with Gasteiger partial charge in [0.25, 0.3) is 11.8 Å². The second-order valence-electron chi connectivity index (χ2n) is 5.81. The molecular formula is C21H16Br2N2O3. The number of methoxy groups -OCH3 is 1. The normalized spacial score (nSPS) is 10.2. The number of nitrogens with one attached hydrogen (secondary N) is 2. The van der Waals surface area contributed by atoms with Gasteiger partial charge in [0, 0.05) is 21.4 Å². The van der Waals surface area contributed by atoms with Crippen molar-refractivity contribution < 1.29 is 14.3 Å².